The number of hydrogen-bond acceptors (Lipinski definition) is 7. The van der Waals surface area contributed by atoms with Crippen molar-refractivity contribution in [2.24, 2.45) is 0 Å². The van der Waals surface area contributed by atoms with Crippen molar-refractivity contribution < 1.29 is 37.0 Å². The summed E-state index contributed by atoms with van der Waals surface area (Å²) in [5.74, 6) is -0.375. The number of thioether (sulfide) groups is 1. The maximum atomic E-state index is 13.1. The van der Waals surface area contributed by atoms with Crippen LogP contribution in [-0.4, -0.2) is 36.0 Å². The molecule has 6 nitrogen and oxygen atoms in total. The third-order valence-electron chi connectivity index (χ3n) is 4.44. The van der Waals surface area contributed by atoms with Gasteiger partial charge in [-0.05, 0) is 55.8 Å². The van der Waals surface area contributed by atoms with Gasteiger partial charge in [-0.2, -0.15) is 13.2 Å². The molecular formula is C23H20F3NO5S2. The molecule has 0 unspecified atom stereocenters. The molecule has 11 heteroatoms. The van der Waals surface area contributed by atoms with E-state index in [1.165, 1.54) is 12.1 Å². The standard InChI is InChI=1S/C23H20F3NO5S2/c1-3-30-18-10-14(8-9-17(18)32-13-20(28)31-4-2)11-19-21(29)27(22(33)34-19)16-7-5-6-15(12-16)23(24,25)26/h5-12H,3-4,13H2,1-2H3/b19-11+. The third kappa shape index (κ3) is 6.09. The van der Waals surface area contributed by atoms with Gasteiger partial charge in [0, 0.05) is 0 Å². The van der Waals surface area contributed by atoms with Gasteiger partial charge in [0.2, 0.25) is 0 Å². The molecule has 3 rings (SSSR count). The summed E-state index contributed by atoms with van der Waals surface area (Å²) in [6, 6.07) is 9.30. The molecular weight excluding hydrogens is 491 g/mol. The molecule has 0 atom stereocenters. The molecule has 0 radical (unpaired) electrons. The van der Waals surface area contributed by atoms with E-state index >= 15 is 0 Å². The number of esters is 1. The van der Waals surface area contributed by atoms with Crippen LogP contribution in [0.5, 0.6) is 11.5 Å². The molecule has 0 bridgehead atoms. The molecule has 1 heterocycles. The van der Waals surface area contributed by atoms with Gasteiger partial charge < -0.3 is 14.2 Å². The highest BCUT2D eigenvalue weighted by molar-refractivity contribution is 8.27. The molecule has 34 heavy (non-hydrogen) atoms. The predicted octanol–water partition coefficient (Wildman–Crippen LogP) is 5.45. The van der Waals surface area contributed by atoms with Gasteiger partial charge >= 0.3 is 12.1 Å². The summed E-state index contributed by atoms with van der Waals surface area (Å²) in [5, 5.41) is 0. The van der Waals surface area contributed by atoms with Crippen molar-refractivity contribution in [2.75, 3.05) is 24.7 Å². The summed E-state index contributed by atoms with van der Waals surface area (Å²) < 4.78 is 55.3. The highest BCUT2D eigenvalue weighted by Crippen LogP contribution is 2.39. The molecule has 0 spiro atoms. The zero-order valence-corrected chi connectivity index (χ0v) is 19.8. The number of benzene rings is 2. The quantitative estimate of drug-likeness (QED) is 0.265. The average molecular weight is 512 g/mol. The van der Waals surface area contributed by atoms with Crippen molar-refractivity contribution in [2.45, 2.75) is 20.0 Å². The number of anilines is 1. The molecule has 1 saturated heterocycles. The number of ether oxygens (including phenoxy) is 3. The second-order valence-electron chi connectivity index (χ2n) is 6.80. The van der Waals surface area contributed by atoms with Gasteiger partial charge in [-0.15, -0.1) is 0 Å². The van der Waals surface area contributed by atoms with Crippen LogP contribution in [0.4, 0.5) is 18.9 Å². The van der Waals surface area contributed by atoms with Crippen LogP contribution in [0.15, 0.2) is 47.4 Å². The van der Waals surface area contributed by atoms with Crippen molar-refractivity contribution in [1.29, 1.82) is 0 Å². The fourth-order valence-electron chi connectivity index (χ4n) is 3.00. The predicted molar refractivity (Wildman–Crippen MR) is 127 cm³/mol. The van der Waals surface area contributed by atoms with Crippen LogP contribution in [0, 0.1) is 0 Å². The maximum absolute atomic E-state index is 13.1. The van der Waals surface area contributed by atoms with E-state index < -0.39 is 23.6 Å². The number of thiocarbonyl (C=S) groups is 1. The molecule has 1 aliphatic rings. The summed E-state index contributed by atoms with van der Waals surface area (Å²) in [6.45, 7) is 3.74. The molecule has 180 valence electrons. The van der Waals surface area contributed by atoms with E-state index in [-0.39, 0.29) is 28.1 Å². The minimum Gasteiger partial charge on any atom is -0.490 e. The summed E-state index contributed by atoms with van der Waals surface area (Å²) in [4.78, 5) is 25.8. The number of carbonyl (C=O) groups excluding carboxylic acids is 2. The zero-order valence-electron chi connectivity index (χ0n) is 18.2. The van der Waals surface area contributed by atoms with Crippen LogP contribution in [0.25, 0.3) is 6.08 Å². The van der Waals surface area contributed by atoms with Gasteiger partial charge in [0.15, 0.2) is 22.4 Å². The Labute approximate surface area is 203 Å². The lowest BCUT2D eigenvalue weighted by atomic mass is 10.1. The van der Waals surface area contributed by atoms with E-state index in [1.54, 1.807) is 38.1 Å². The van der Waals surface area contributed by atoms with Crippen LogP contribution >= 0.6 is 24.0 Å². The normalized spacial score (nSPS) is 15.1. The van der Waals surface area contributed by atoms with Crippen LogP contribution in [-0.2, 0) is 20.5 Å². The Hall–Kier alpha value is -3.05. The summed E-state index contributed by atoms with van der Waals surface area (Å²) >= 11 is 6.24. The zero-order chi connectivity index (χ0) is 24.9. The van der Waals surface area contributed by atoms with Crippen molar-refractivity contribution in [3.05, 3.63) is 58.5 Å². The van der Waals surface area contributed by atoms with Gasteiger partial charge in [-0.25, -0.2) is 4.79 Å². The highest BCUT2D eigenvalue weighted by atomic mass is 32.2. The fraction of sp³-hybridized carbons (Fsp3) is 0.261. The molecule has 0 aliphatic carbocycles. The molecule has 0 N–H and O–H groups in total. The molecule has 1 aliphatic heterocycles. The SMILES string of the molecule is CCOC(=O)COc1ccc(/C=C2/SC(=S)N(c3cccc(C(F)(F)F)c3)C2=O)cc1OCC. The van der Waals surface area contributed by atoms with Crippen molar-refractivity contribution >= 4 is 51.9 Å². The molecule has 0 saturated carbocycles. The Morgan fingerprint density at radius 3 is 2.53 bits per heavy atom. The van der Waals surface area contributed by atoms with Gasteiger partial charge in [-0.1, -0.05) is 36.1 Å². The molecule has 2 aromatic rings. The van der Waals surface area contributed by atoms with E-state index in [1.807, 2.05) is 0 Å². The van der Waals surface area contributed by atoms with Crippen molar-refractivity contribution in [3.8, 4) is 11.5 Å². The minimum atomic E-state index is -4.54. The first-order valence-electron chi connectivity index (χ1n) is 10.1. The first kappa shape index (κ1) is 25.6. The second kappa shape index (κ2) is 10.9. The van der Waals surface area contributed by atoms with E-state index in [0.29, 0.717) is 23.7 Å². The topological polar surface area (TPSA) is 65.1 Å². The Morgan fingerprint density at radius 2 is 1.85 bits per heavy atom. The summed E-state index contributed by atoms with van der Waals surface area (Å²) in [5.41, 5.74) is -0.252. The van der Waals surface area contributed by atoms with Crippen LogP contribution in [0.2, 0.25) is 0 Å². The highest BCUT2D eigenvalue weighted by Gasteiger charge is 2.36. The van der Waals surface area contributed by atoms with Gasteiger partial charge in [0.25, 0.3) is 5.91 Å². The average Bonchev–Trinajstić information content (AvgIpc) is 3.06. The minimum absolute atomic E-state index is 0.0402. The Bertz CT molecular complexity index is 1130. The monoisotopic (exact) mass is 511 g/mol. The van der Waals surface area contributed by atoms with E-state index in [9.17, 15) is 22.8 Å². The molecule has 1 fully saturated rings. The largest absolute Gasteiger partial charge is 0.490 e. The van der Waals surface area contributed by atoms with Crippen LogP contribution in [0.3, 0.4) is 0 Å². The Kier molecular flexibility index (Phi) is 8.21. The number of halogens is 3. The lowest BCUT2D eigenvalue weighted by molar-refractivity contribution is -0.145. The van der Waals surface area contributed by atoms with E-state index in [0.717, 1.165) is 28.8 Å². The van der Waals surface area contributed by atoms with E-state index in [4.69, 9.17) is 26.4 Å². The second-order valence-corrected chi connectivity index (χ2v) is 8.47. The number of rotatable bonds is 8. The number of carbonyl (C=O) groups is 2. The lowest BCUT2D eigenvalue weighted by Gasteiger charge is -2.16. The lowest BCUT2D eigenvalue weighted by Crippen LogP contribution is -2.27. The Morgan fingerprint density at radius 1 is 1.09 bits per heavy atom. The first-order chi connectivity index (χ1) is 16.1. The van der Waals surface area contributed by atoms with Crippen molar-refractivity contribution in [1.82, 2.24) is 0 Å². The van der Waals surface area contributed by atoms with Crippen molar-refractivity contribution in [3.63, 3.8) is 0 Å². The first-order valence-corrected chi connectivity index (χ1v) is 11.4. The fourth-order valence-corrected chi connectivity index (χ4v) is 4.30. The smallest absolute Gasteiger partial charge is 0.416 e. The Balaban J connectivity index is 1.84. The van der Waals surface area contributed by atoms with Gasteiger partial charge in [0.05, 0.1) is 29.4 Å². The van der Waals surface area contributed by atoms with Gasteiger partial charge in [0.1, 0.15) is 0 Å². The van der Waals surface area contributed by atoms with Gasteiger partial charge in [-0.3, -0.25) is 9.69 Å². The number of alkyl halides is 3. The molecule has 1 amide bonds. The van der Waals surface area contributed by atoms with Crippen LogP contribution < -0.4 is 14.4 Å². The van der Waals surface area contributed by atoms with E-state index in [2.05, 4.69) is 0 Å². The molecule has 0 aromatic heterocycles. The number of nitrogens with zero attached hydrogens (tertiary/aromatic N) is 1. The maximum Gasteiger partial charge on any atom is 0.416 e. The number of amides is 1. The molecule has 2 aromatic carbocycles. The summed E-state index contributed by atoms with van der Waals surface area (Å²) in [7, 11) is 0. The third-order valence-corrected chi connectivity index (χ3v) is 5.74. The van der Waals surface area contributed by atoms with Crippen LogP contribution in [0.1, 0.15) is 25.0 Å². The number of hydrogen-bond donors (Lipinski definition) is 0. The summed E-state index contributed by atoms with van der Waals surface area (Å²) in [6.07, 6.45) is -2.98.